The highest BCUT2D eigenvalue weighted by molar-refractivity contribution is 8.00. The van der Waals surface area contributed by atoms with Gasteiger partial charge in [-0.05, 0) is 36.8 Å². The summed E-state index contributed by atoms with van der Waals surface area (Å²) in [6.07, 6.45) is -0.0891. The topological polar surface area (TPSA) is 112 Å². The van der Waals surface area contributed by atoms with E-state index in [2.05, 4.69) is 0 Å². The molecule has 0 saturated carbocycles. The molecule has 0 bridgehead atoms. The van der Waals surface area contributed by atoms with Crippen LogP contribution in [-0.2, 0) is 9.59 Å². The number of anilines is 1. The first-order chi connectivity index (χ1) is 12.8. The molecule has 7 nitrogen and oxygen atoms in total. The summed E-state index contributed by atoms with van der Waals surface area (Å²) in [4.78, 5) is 49.2. The van der Waals surface area contributed by atoms with Gasteiger partial charge < -0.3 is 10.2 Å². The smallest absolute Gasteiger partial charge is 0.336 e. The predicted octanol–water partition coefficient (Wildman–Crippen LogP) is 2.82. The third-order valence-corrected chi connectivity index (χ3v) is 5.45. The number of aryl methyl sites for hydroxylation is 1. The van der Waals surface area contributed by atoms with E-state index in [9.17, 15) is 24.3 Å². The maximum absolute atomic E-state index is 12.8. The van der Waals surface area contributed by atoms with E-state index in [1.54, 1.807) is 31.2 Å². The van der Waals surface area contributed by atoms with Gasteiger partial charge in [0.05, 0.1) is 22.1 Å². The van der Waals surface area contributed by atoms with Gasteiger partial charge >= 0.3 is 11.9 Å². The van der Waals surface area contributed by atoms with Gasteiger partial charge in [0, 0.05) is 11.3 Å². The van der Waals surface area contributed by atoms with Gasteiger partial charge in [-0.15, -0.1) is 11.8 Å². The summed E-state index contributed by atoms with van der Waals surface area (Å²) in [6.45, 7) is 1.68. The quantitative estimate of drug-likeness (QED) is 0.761. The lowest BCUT2D eigenvalue weighted by molar-refractivity contribution is -0.121. The first-order valence-corrected chi connectivity index (χ1v) is 8.87. The van der Waals surface area contributed by atoms with Crippen LogP contribution in [-0.4, -0.2) is 39.2 Å². The zero-order chi connectivity index (χ0) is 19.7. The molecule has 1 aliphatic rings. The van der Waals surface area contributed by atoms with Gasteiger partial charge in [-0.25, -0.2) is 14.5 Å². The molecule has 1 heterocycles. The average molecular weight is 385 g/mol. The van der Waals surface area contributed by atoms with Gasteiger partial charge in [-0.3, -0.25) is 9.59 Å². The maximum atomic E-state index is 12.8. The van der Waals surface area contributed by atoms with Gasteiger partial charge in [0.1, 0.15) is 0 Å². The van der Waals surface area contributed by atoms with Crippen molar-refractivity contribution < 1.29 is 29.4 Å². The van der Waals surface area contributed by atoms with E-state index in [1.165, 1.54) is 18.2 Å². The van der Waals surface area contributed by atoms with Crippen molar-refractivity contribution in [1.29, 1.82) is 0 Å². The largest absolute Gasteiger partial charge is 0.478 e. The number of hydrogen-bond acceptors (Lipinski definition) is 5. The van der Waals surface area contributed by atoms with E-state index in [0.29, 0.717) is 10.5 Å². The Morgan fingerprint density at radius 1 is 1.07 bits per heavy atom. The second-order valence-electron chi connectivity index (χ2n) is 5.99. The van der Waals surface area contributed by atoms with E-state index in [1.807, 2.05) is 0 Å². The monoisotopic (exact) mass is 385 g/mol. The third kappa shape index (κ3) is 3.56. The van der Waals surface area contributed by atoms with Crippen LogP contribution in [0.15, 0.2) is 47.4 Å². The van der Waals surface area contributed by atoms with E-state index in [-0.39, 0.29) is 23.2 Å². The molecule has 8 heteroatoms. The fraction of sp³-hybridized carbons (Fsp3) is 0.158. The van der Waals surface area contributed by atoms with Crippen molar-refractivity contribution >= 4 is 41.2 Å². The molecule has 2 aromatic carbocycles. The van der Waals surface area contributed by atoms with E-state index < -0.39 is 29.0 Å². The number of amides is 2. The lowest BCUT2D eigenvalue weighted by atomic mass is 10.1. The van der Waals surface area contributed by atoms with E-state index in [0.717, 1.165) is 16.7 Å². The first-order valence-electron chi connectivity index (χ1n) is 7.99. The number of imide groups is 1. The molecule has 3 rings (SSSR count). The molecule has 0 aromatic heterocycles. The Morgan fingerprint density at radius 3 is 2.44 bits per heavy atom. The van der Waals surface area contributed by atoms with Crippen LogP contribution in [0.25, 0.3) is 0 Å². The van der Waals surface area contributed by atoms with Crippen LogP contribution in [0.2, 0.25) is 0 Å². The maximum Gasteiger partial charge on any atom is 0.336 e. The number of carboxylic acids is 2. The van der Waals surface area contributed by atoms with Gasteiger partial charge in [-0.1, -0.05) is 18.2 Å². The van der Waals surface area contributed by atoms with Crippen molar-refractivity contribution in [1.82, 2.24) is 0 Å². The van der Waals surface area contributed by atoms with Crippen molar-refractivity contribution in [2.45, 2.75) is 23.5 Å². The second-order valence-corrected chi connectivity index (χ2v) is 7.23. The number of nitrogens with zero attached hydrogens (tertiary/aromatic N) is 1. The molecular weight excluding hydrogens is 370 g/mol. The number of benzene rings is 2. The van der Waals surface area contributed by atoms with Crippen LogP contribution in [0, 0.1) is 6.92 Å². The molecule has 1 fully saturated rings. The number of rotatable bonds is 5. The van der Waals surface area contributed by atoms with Crippen LogP contribution in [0.4, 0.5) is 5.69 Å². The zero-order valence-electron chi connectivity index (χ0n) is 14.2. The standard InChI is InChI=1S/C19H15NO6S/c1-10-6-7-11(18(23)24)8-13(10)20-16(21)9-15(17(20)22)27-14-5-3-2-4-12(14)19(25)26/h2-8,15H,9H2,1H3,(H,23,24)(H,25,26)/t15-/m1/s1. The van der Waals surface area contributed by atoms with Gasteiger partial charge in [-0.2, -0.15) is 0 Å². The summed E-state index contributed by atoms with van der Waals surface area (Å²) in [6, 6.07) is 10.5. The first kappa shape index (κ1) is 18.7. The lowest BCUT2D eigenvalue weighted by Crippen LogP contribution is -2.32. The van der Waals surface area contributed by atoms with Crippen molar-refractivity contribution in [2.75, 3.05) is 4.90 Å². The van der Waals surface area contributed by atoms with E-state index >= 15 is 0 Å². The Morgan fingerprint density at radius 2 is 1.78 bits per heavy atom. The molecule has 138 valence electrons. The third-order valence-electron chi connectivity index (χ3n) is 4.19. The number of thioether (sulfide) groups is 1. The lowest BCUT2D eigenvalue weighted by Gasteiger charge is -2.18. The minimum absolute atomic E-state index is 0.0245. The minimum Gasteiger partial charge on any atom is -0.478 e. The number of carboxylic acid groups (broad SMARTS) is 2. The minimum atomic E-state index is -1.16. The zero-order valence-corrected chi connectivity index (χ0v) is 15.0. The molecule has 1 saturated heterocycles. The highest BCUT2D eigenvalue weighted by atomic mass is 32.2. The van der Waals surface area contributed by atoms with Crippen molar-refractivity contribution in [3.8, 4) is 0 Å². The molecule has 27 heavy (non-hydrogen) atoms. The van der Waals surface area contributed by atoms with Crippen LogP contribution >= 0.6 is 11.8 Å². The Hall–Kier alpha value is -3.13. The Bertz CT molecular complexity index is 970. The molecule has 2 aromatic rings. The summed E-state index contributed by atoms with van der Waals surface area (Å²) in [5.74, 6) is -3.21. The fourth-order valence-corrected chi connectivity index (χ4v) is 4.01. The van der Waals surface area contributed by atoms with Crippen LogP contribution in [0.3, 0.4) is 0 Å². The molecule has 1 aliphatic heterocycles. The summed E-state index contributed by atoms with van der Waals surface area (Å²) < 4.78 is 0. The molecule has 0 spiro atoms. The summed E-state index contributed by atoms with van der Waals surface area (Å²) in [7, 11) is 0. The summed E-state index contributed by atoms with van der Waals surface area (Å²) >= 11 is 1.02. The van der Waals surface area contributed by atoms with Crippen molar-refractivity contribution in [2.24, 2.45) is 0 Å². The highest BCUT2D eigenvalue weighted by Crippen LogP contribution is 2.36. The molecule has 2 N–H and O–H groups in total. The van der Waals surface area contributed by atoms with Crippen molar-refractivity contribution in [3.63, 3.8) is 0 Å². The Labute approximate surface area is 158 Å². The van der Waals surface area contributed by atoms with Gasteiger partial charge in [0.2, 0.25) is 11.8 Å². The summed E-state index contributed by atoms with van der Waals surface area (Å²) in [5.41, 5.74) is 0.867. The number of carbonyl (C=O) groups excluding carboxylic acids is 2. The fourth-order valence-electron chi connectivity index (χ4n) is 2.83. The summed E-state index contributed by atoms with van der Waals surface area (Å²) in [5, 5.41) is 17.7. The van der Waals surface area contributed by atoms with Crippen molar-refractivity contribution in [3.05, 3.63) is 59.2 Å². The molecule has 0 radical (unpaired) electrons. The number of hydrogen-bond donors (Lipinski definition) is 2. The normalized spacial score (nSPS) is 16.6. The molecule has 0 aliphatic carbocycles. The highest BCUT2D eigenvalue weighted by Gasteiger charge is 2.41. The number of aromatic carboxylic acids is 2. The van der Waals surface area contributed by atoms with E-state index in [4.69, 9.17) is 5.11 Å². The SMILES string of the molecule is Cc1ccc(C(=O)O)cc1N1C(=O)C[C@@H](Sc2ccccc2C(=O)O)C1=O. The molecular formula is C19H15NO6S. The Balaban J connectivity index is 1.92. The van der Waals surface area contributed by atoms with Crippen LogP contribution < -0.4 is 4.90 Å². The van der Waals surface area contributed by atoms with Gasteiger partial charge in [0.15, 0.2) is 0 Å². The Kier molecular flexibility index (Phi) is 5.00. The predicted molar refractivity (Wildman–Crippen MR) is 98.3 cm³/mol. The molecule has 0 unspecified atom stereocenters. The second kappa shape index (κ2) is 7.24. The van der Waals surface area contributed by atoms with Gasteiger partial charge in [0.25, 0.3) is 0 Å². The molecule has 2 amide bonds. The number of carbonyl (C=O) groups is 4. The average Bonchev–Trinajstić information content (AvgIpc) is 2.89. The van der Waals surface area contributed by atoms with Crippen LogP contribution in [0.1, 0.15) is 32.7 Å². The molecule has 1 atom stereocenters. The van der Waals surface area contributed by atoms with Crippen LogP contribution in [0.5, 0.6) is 0 Å².